The maximum absolute atomic E-state index is 12.1. The van der Waals surface area contributed by atoms with Crippen molar-refractivity contribution < 1.29 is 26.9 Å². The summed E-state index contributed by atoms with van der Waals surface area (Å²) in [5.74, 6) is 0.0219. The molecule has 0 radical (unpaired) electrons. The van der Waals surface area contributed by atoms with Gasteiger partial charge in [-0.15, -0.1) is 0 Å². The first-order valence-corrected chi connectivity index (χ1v) is 12.6. The van der Waals surface area contributed by atoms with Gasteiger partial charge in [0.1, 0.15) is 6.61 Å². The van der Waals surface area contributed by atoms with Gasteiger partial charge in [-0.2, -0.15) is 8.42 Å². The lowest BCUT2D eigenvalue weighted by molar-refractivity contribution is 0.0989. The van der Waals surface area contributed by atoms with Gasteiger partial charge in [-0.3, -0.25) is 4.18 Å². The number of fused-ring (bicyclic) bond motifs is 3. The molecule has 8 heteroatoms. The maximum Gasteiger partial charge on any atom is 0.407 e. The Labute approximate surface area is 199 Å². The zero-order valence-corrected chi connectivity index (χ0v) is 19.5. The number of hydrogen-bond donors (Lipinski definition) is 1. The van der Waals surface area contributed by atoms with Crippen molar-refractivity contribution in [3.8, 4) is 11.1 Å². The Morgan fingerprint density at radius 1 is 0.794 bits per heavy atom. The predicted octanol–water partition coefficient (Wildman–Crippen LogP) is 4.34. The van der Waals surface area contributed by atoms with Crippen molar-refractivity contribution in [3.63, 3.8) is 0 Å². The van der Waals surface area contributed by atoms with Crippen molar-refractivity contribution in [2.24, 2.45) is 0 Å². The summed E-state index contributed by atoms with van der Waals surface area (Å²) in [6.45, 7) is 1.08. The number of ether oxygens (including phenoxy) is 2. The molecule has 0 atom stereocenters. The number of carbonyl (C=O) groups is 1. The fraction of sp³-hybridized carbons (Fsp3) is 0.269. The molecule has 3 aromatic carbocycles. The van der Waals surface area contributed by atoms with Crippen molar-refractivity contribution >= 4 is 16.2 Å². The third-order valence-corrected chi connectivity index (χ3v) is 6.90. The Hall–Kier alpha value is -3.20. The van der Waals surface area contributed by atoms with Crippen LogP contribution >= 0.6 is 0 Å². The van der Waals surface area contributed by atoms with Crippen molar-refractivity contribution in [2.45, 2.75) is 17.2 Å². The molecule has 0 aromatic heterocycles. The van der Waals surface area contributed by atoms with Gasteiger partial charge in [0.15, 0.2) is 0 Å². The number of carbonyl (C=O) groups excluding carboxylic acids is 1. The zero-order chi connectivity index (χ0) is 23.8. The van der Waals surface area contributed by atoms with Gasteiger partial charge in [0.05, 0.1) is 18.1 Å². The molecular weight excluding hydrogens is 454 g/mol. The summed E-state index contributed by atoms with van der Waals surface area (Å²) in [5, 5.41) is 2.72. The number of amides is 1. The summed E-state index contributed by atoms with van der Waals surface area (Å²) < 4.78 is 39.8. The van der Waals surface area contributed by atoms with Crippen LogP contribution in [-0.2, 0) is 23.8 Å². The van der Waals surface area contributed by atoms with Gasteiger partial charge in [-0.25, -0.2) is 4.79 Å². The minimum Gasteiger partial charge on any atom is -0.449 e. The van der Waals surface area contributed by atoms with Crippen LogP contribution in [0.15, 0.2) is 83.8 Å². The minimum atomic E-state index is -3.77. The second-order valence-corrected chi connectivity index (χ2v) is 9.42. The lowest BCUT2D eigenvalue weighted by Crippen LogP contribution is -2.27. The maximum atomic E-state index is 12.1. The fourth-order valence-electron chi connectivity index (χ4n) is 3.97. The van der Waals surface area contributed by atoms with E-state index in [0.29, 0.717) is 19.6 Å². The van der Waals surface area contributed by atoms with Crippen LogP contribution in [0.1, 0.15) is 23.5 Å². The third kappa shape index (κ3) is 5.83. The van der Waals surface area contributed by atoms with Crippen molar-refractivity contribution in [2.75, 3.05) is 33.0 Å². The van der Waals surface area contributed by atoms with Crippen LogP contribution < -0.4 is 5.32 Å². The van der Waals surface area contributed by atoms with Gasteiger partial charge in [-0.05, 0) is 40.8 Å². The van der Waals surface area contributed by atoms with Crippen molar-refractivity contribution in [3.05, 3.63) is 90.0 Å². The predicted molar refractivity (Wildman–Crippen MR) is 128 cm³/mol. The highest BCUT2D eigenvalue weighted by atomic mass is 32.2. The Balaban J connectivity index is 1.11. The molecule has 0 unspecified atom stereocenters. The van der Waals surface area contributed by atoms with Crippen LogP contribution in [0, 0.1) is 0 Å². The second kappa shape index (κ2) is 11.3. The minimum absolute atomic E-state index is 0.0219. The highest BCUT2D eigenvalue weighted by Gasteiger charge is 2.28. The van der Waals surface area contributed by atoms with E-state index in [0.717, 1.165) is 0 Å². The summed E-state index contributed by atoms with van der Waals surface area (Å²) >= 11 is 0. The average Bonchev–Trinajstić information content (AvgIpc) is 3.18. The molecule has 0 spiro atoms. The SMILES string of the molecule is O=C(NCCCOCCOS(=O)(=O)c1ccccc1)OCC1c2ccccc2-c2ccccc21. The Morgan fingerprint density at radius 2 is 1.41 bits per heavy atom. The Kier molecular flexibility index (Phi) is 7.95. The summed E-state index contributed by atoms with van der Waals surface area (Å²) in [6, 6.07) is 24.3. The molecule has 0 aliphatic heterocycles. The third-order valence-electron chi connectivity index (χ3n) is 5.58. The van der Waals surface area contributed by atoms with Gasteiger partial charge in [0.2, 0.25) is 0 Å². The van der Waals surface area contributed by atoms with Crippen LogP contribution in [-0.4, -0.2) is 47.5 Å². The van der Waals surface area contributed by atoms with E-state index in [4.69, 9.17) is 13.7 Å². The highest BCUT2D eigenvalue weighted by molar-refractivity contribution is 7.86. The van der Waals surface area contributed by atoms with E-state index >= 15 is 0 Å². The lowest BCUT2D eigenvalue weighted by Gasteiger charge is -2.14. The molecule has 1 aliphatic rings. The molecule has 1 N–H and O–H groups in total. The van der Waals surface area contributed by atoms with E-state index in [1.807, 2.05) is 24.3 Å². The summed E-state index contributed by atoms with van der Waals surface area (Å²) in [5.41, 5.74) is 4.71. The lowest BCUT2D eigenvalue weighted by atomic mass is 9.98. The number of hydrogen-bond acceptors (Lipinski definition) is 6. The van der Waals surface area contributed by atoms with Crippen molar-refractivity contribution in [1.82, 2.24) is 5.32 Å². The van der Waals surface area contributed by atoms with E-state index in [-0.39, 0.29) is 30.6 Å². The zero-order valence-electron chi connectivity index (χ0n) is 18.7. The van der Waals surface area contributed by atoms with E-state index in [2.05, 4.69) is 29.6 Å². The van der Waals surface area contributed by atoms with Crippen LogP contribution in [0.25, 0.3) is 11.1 Å². The molecule has 3 aromatic rings. The van der Waals surface area contributed by atoms with Gasteiger partial charge in [0, 0.05) is 19.1 Å². The van der Waals surface area contributed by atoms with Gasteiger partial charge < -0.3 is 14.8 Å². The first-order valence-electron chi connectivity index (χ1n) is 11.2. The number of rotatable bonds is 11. The quantitative estimate of drug-likeness (QED) is 0.324. The summed E-state index contributed by atoms with van der Waals surface area (Å²) in [7, 11) is -3.77. The largest absolute Gasteiger partial charge is 0.449 e. The number of alkyl carbamates (subject to hydrolysis) is 1. The van der Waals surface area contributed by atoms with Crippen molar-refractivity contribution in [1.29, 1.82) is 0 Å². The summed E-state index contributed by atoms with van der Waals surface area (Å²) in [4.78, 5) is 12.3. The molecule has 0 saturated heterocycles. The Bertz CT molecular complexity index is 1170. The van der Waals surface area contributed by atoms with E-state index in [1.165, 1.54) is 34.4 Å². The van der Waals surface area contributed by atoms with Crippen LogP contribution in [0.4, 0.5) is 4.79 Å². The molecule has 0 bridgehead atoms. The number of nitrogens with one attached hydrogen (secondary N) is 1. The molecule has 7 nitrogen and oxygen atoms in total. The molecule has 34 heavy (non-hydrogen) atoms. The topological polar surface area (TPSA) is 90.9 Å². The molecule has 1 aliphatic carbocycles. The molecule has 178 valence electrons. The Morgan fingerprint density at radius 3 is 2.09 bits per heavy atom. The second-order valence-electron chi connectivity index (χ2n) is 7.81. The first-order chi connectivity index (χ1) is 16.6. The summed E-state index contributed by atoms with van der Waals surface area (Å²) in [6.07, 6.45) is 0.0921. The standard InChI is InChI=1S/C26H27NO6S/c28-26(27-15-8-16-31-17-18-33-34(29,30)20-9-2-1-3-10-20)32-19-25-23-13-6-4-11-21(23)22-12-5-7-14-24(22)25/h1-7,9-14,25H,8,15-19H2,(H,27,28). The van der Waals surface area contributed by atoms with E-state index in [9.17, 15) is 13.2 Å². The highest BCUT2D eigenvalue weighted by Crippen LogP contribution is 2.44. The fourth-order valence-corrected chi connectivity index (χ4v) is 4.89. The van der Waals surface area contributed by atoms with Crippen LogP contribution in [0.2, 0.25) is 0 Å². The molecule has 4 rings (SSSR count). The normalized spacial score (nSPS) is 12.7. The van der Waals surface area contributed by atoms with Crippen LogP contribution in [0.5, 0.6) is 0 Å². The van der Waals surface area contributed by atoms with Gasteiger partial charge in [0.25, 0.3) is 10.1 Å². The monoisotopic (exact) mass is 481 g/mol. The van der Waals surface area contributed by atoms with Gasteiger partial charge in [-0.1, -0.05) is 66.7 Å². The first kappa shape index (κ1) is 23.9. The smallest absolute Gasteiger partial charge is 0.407 e. The molecule has 0 saturated carbocycles. The van der Waals surface area contributed by atoms with Gasteiger partial charge >= 0.3 is 6.09 Å². The van der Waals surface area contributed by atoms with E-state index < -0.39 is 16.2 Å². The molecule has 0 fully saturated rings. The van der Waals surface area contributed by atoms with Crippen LogP contribution in [0.3, 0.4) is 0 Å². The molecular formula is C26H27NO6S. The molecule has 1 amide bonds. The molecule has 0 heterocycles. The average molecular weight is 482 g/mol. The van der Waals surface area contributed by atoms with E-state index in [1.54, 1.807) is 18.2 Å². The number of benzene rings is 3.